The minimum Gasteiger partial charge on any atom is -0.435 e. The molecule has 0 saturated heterocycles. The fraction of sp³-hybridized carbons (Fsp3) is 0.235. The number of carbonyl (C=O) groups excluding carboxylic acids is 1. The number of rotatable bonds is 6. The minimum absolute atomic E-state index is 0.0552. The van der Waals surface area contributed by atoms with Crippen LogP contribution in [-0.2, 0) is 17.9 Å². The first kappa shape index (κ1) is 18.0. The van der Waals surface area contributed by atoms with Gasteiger partial charge in [-0.05, 0) is 29.1 Å². The first-order valence-electron chi connectivity index (χ1n) is 7.64. The molecule has 0 fully saturated rings. The average molecular weight is 379 g/mol. The van der Waals surface area contributed by atoms with Crippen LogP contribution in [0.3, 0.4) is 0 Å². The number of halogens is 2. The van der Waals surface area contributed by atoms with Gasteiger partial charge in [0.25, 0.3) is 5.56 Å². The lowest BCUT2D eigenvalue weighted by atomic mass is 10.2. The fourth-order valence-electron chi connectivity index (χ4n) is 2.40. The Bertz CT molecular complexity index is 969. The molecule has 2 aromatic heterocycles. The van der Waals surface area contributed by atoms with Gasteiger partial charge in [0.1, 0.15) is 17.0 Å². The molecule has 0 atom stereocenters. The molecule has 3 rings (SSSR count). The van der Waals surface area contributed by atoms with Gasteiger partial charge in [0.05, 0.1) is 11.8 Å². The van der Waals surface area contributed by atoms with Gasteiger partial charge in [-0.2, -0.15) is 8.78 Å². The highest BCUT2D eigenvalue weighted by Gasteiger charge is 2.13. The molecule has 0 N–H and O–H groups in total. The van der Waals surface area contributed by atoms with Crippen LogP contribution in [0.4, 0.5) is 8.78 Å². The van der Waals surface area contributed by atoms with Gasteiger partial charge in [-0.3, -0.25) is 14.2 Å². The summed E-state index contributed by atoms with van der Waals surface area (Å²) < 4.78 is 30.4. The third kappa shape index (κ3) is 4.05. The summed E-state index contributed by atoms with van der Waals surface area (Å²) in [5.41, 5.74) is 1.12. The summed E-state index contributed by atoms with van der Waals surface area (Å²) in [6, 6.07) is 7.79. The number of amides is 1. The van der Waals surface area contributed by atoms with E-state index < -0.39 is 6.61 Å². The van der Waals surface area contributed by atoms with Crippen LogP contribution < -0.4 is 10.3 Å². The van der Waals surface area contributed by atoms with Gasteiger partial charge < -0.3 is 9.64 Å². The monoisotopic (exact) mass is 379 g/mol. The van der Waals surface area contributed by atoms with Crippen molar-refractivity contribution >= 4 is 27.5 Å². The smallest absolute Gasteiger partial charge is 0.387 e. The summed E-state index contributed by atoms with van der Waals surface area (Å²) in [5, 5.41) is 1.78. The number of likely N-dealkylation sites (N-methyl/N-ethyl adjacent to an activating group) is 1. The van der Waals surface area contributed by atoms with Crippen LogP contribution in [0.15, 0.2) is 46.8 Å². The summed E-state index contributed by atoms with van der Waals surface area (Å²) >= 11 is 1.29. The van der Waals surface area contributed by atoms with E-state index in [0.29, 0.717) is 10.2 Å². The van der Waals surface area contributed by atoms with Crippen LogP contribution in [0, 0.1) is 0 Å². The van der Waals surface area contributed by atoms with E-state index in [0.717, 1.165) is 5.56 Å². The van der Waals surface area contributed by atoms with E-state index in [2.05, 4.69) is 9.72 Å². The van der Waals surface area contributed by atoms with Gasteiger partial charge in [0.15, 0.2) is 0 Å². The summed E-state index contributed by atoms with van der Waals surface area (Å²) in [4.78, 5) is 30.3. The second kappa shape index (κ2) is 7.61. The quantitative estimate of drug-likeness (QED) is 0.661. The van der Waals surface area contributed by atoms with E-state index in [1.165, 1.54) is 39.3 Å². The molecule has 0 aliphatic heterocycles. The largest absolute Gasteiger partial charge is 0.435 e. The third-order valence-electron chi connectivity index (χ3n) is 3.74. The van der Waals surface area contributed by atoms with Crippen LogP contribution in [0.2, 0.25) is 0 Å². The van der Waals surface area contributed by atoms with Gasteiger partial charge in [-0.15, -0.1) is 11.3 Å². The Morgan fingerprint density at radius 3 is 2.73 bits per heavy atom. The topological polar surface area (TPSA) is 64.4 Å². The molecule has 1 amide bonds. The summed E-state index contributed by atoms with van der Waals surface area (Å²) in [6.45, 7) is -2.72. The predicted molar refractivity (Wildman–Crippen MR) is 93.4 cm³/mol. The zero-order valence-corrected chi connectivity index (χ0v) is 14.6. The van der Waals surface area contributed by atoms with Crippen LogP contribution in [0.1, 0.15) is 5.56 Å². The van der Waals surface area contributed by atoms with Crippen molar-refractivity contribution in [3.05, 3.63) is 58.0 Å². The van der Waals surface area contributed by atoms with Gasteiger partial charge in [-0.25, -0.2) is 4.98 Å². The number of hydrogen-bond donors (Lipinski definition) is 0. The van der Waals surface area contributed by atoms with Crippen molar-refractivity contribution in [1.82, 2.24) is 14.5 Å². The molecule has 136 valence electrons. The standard InChI is InChI=1S/C17H15F2N3O3S/c1-21(8-11-2-4-12(5-3-11)25-17(18)19)14(23)9-22-10-20-13-6-7-26-15(13)16(22)24/h2-7,10,17H,8-9H2,1H3. The van der Waals surface area contributed by atoms with Crippen molar-refractivity contribution in [1.29, 1.82) is 0 Å². The lowest BCUT2D eigenvalue weighted by molar-refractivity contribution is -0.131. The molecule has 2 heterocycles. The first-order valence-corrected chi connectivity index (χ1v) is 8.52. The van der Waals surface area contributed by atoms with Crippen LogP contribution in [-0.4, -0.2) is 34.0 Å². The lowest BCUT2D eigenvalue weighted by Crippen LogP contribution is -2.33. The Labute approximate surface area is 151 Å². The summed E-state index contributed by atoms with van der Waals surface area (Å²) in [7, 11) is 1.61. The summed E-state index contributed by atoms with van der Waals surface area (Å²) in [6.07, 6.45) is 1.36. The molecule has 0 aliphatic rings. The van der Waals surface area contributed by atoms with Crippen molar-refractivity contribution in [2.45, 2.75) is 19.7 Å². The summed E-state index contributed by atoms with van der Waals surface area (Å²) in [5.74, 6) is -0.211. The van der Waals surface area contributed by atoms with E-state index in [9.17, 15) is 18.4 Å². The number of nitrogens with zero attached hydrogens (tertiary/aromatic N) is 3. The van der Waals surface area contributed by atoms with Crippen LogP contribution in [0.5, 0.6) is 5.75 Å². The Kier molecular flexibility index (Phi) is 5.27. The molecular weight excluding hydrogens is 364 g/mol. The second-order valence-corrected chi connectivity index (χ2v) is 6.50. The minimum atomic E-state index is -2.88. The number of alkyl halides is 2. The number of thiophene rings is 1. The van der Waals surface area contributed by atoms with E-state index in [1.54, 1.807) is 30.6 Å². The Morgan fingerprint density at radius 1 is 1.31 bits per heavy atom. The molecule has 0 saturated carbocycles. The van der Waals surface area contributed by atoms with E-state index in [4.69, 9.17) is 0 Å². The normalized spacial score (nSPS) is 11.1. The third-order valence-corrected chi connectivity index (χ3v) is 4.63. The van der Waals surface area contributed by atoms with Crippen molar-refractivity contribution in [3.8, 4) is 5.75 Å². The molecule has 0 unspecified atom stereocenters. The van der Waals surface area contributed by atoms with Crippen molar-refractivity contribution < 1.29 is 18.3 Å². The van der Waals surface area contributed by atoms with E-state index >= 15 is 0 Å². The van der Waals surface area contributed by atoms with Gasteiger partial charge in [-0.1, -0.05) is 12.1 Å². The maximum atomic E-state index is 12.4. The second-order valence-electron chi connectivity index (χ2n) is 5.58. The molecule has 0 bridgehead atoms. The maximum absolute atomic E-state index is 12.4. The molecular formula is C17H15F2N3O3S. The van der Waals surface area contributed by atoms with Gasteiger partial charge in [0, 0.05) is 13.6 Å². The van der Waals surface area contributed by atoms with Gasteiger partial charge >= 0.3 is 6.61 Å². The zero-order chi connectivity index (χ0) is 18.7. The Morgan fingerprint density at radius 2 is 2.04 bits per heavy atom. The molecule has 9 heteroatoms. The number of ether oxygens (including phenoxy) is 1. The van der Waals surface area contributed by atoms with E-state index in [1.807, 2.05) is 0 Å². The van der Waals surface area contributed by atoms with Crippen LogP contribution >= 0.6 is 11.3 Å². The molecule has 1 aromatic carbocycles. The molecule has 3 aromatic rings. The lowest BCUT2D eigenvalue weighted by Gasteiger charge is -2.18. The van der Waals surface area contributed by atoms with Crippen LogP contribution in [0.25, 0.3) is 10.2 Å². The Hall–Kier alpha value is -2.81. The average Bonchev–Trinajstić information content (AvgIpc) is 3.08. The molecule has 0 aliphatic carbocycles. The maximum Gasteiger partial charge on any atom is 0.387 e. The predicted octanol–water partition coefficient (Wildman–Crippen LogP) is 2.72. The number of carbonyl (C=O) groups is 1. The highest BCUT2D eigenvalue weighted by Crippen LogP contribution is 2.16. The molecule has 6 nitrogen and oxygen atoms in total. The van der Waals surface area contributed by atoms with E-state index in [-0.39, 0.29) is 30.3 Å². The van der Waals surface area contributed by atoms with Crippen molar-refractivity contribution in [2.75, 3.05) is 7.05 Å². The highest BCUT2D eigenvalue weighted by atomic mass is 32.1. The number of hydrogen-bond acceptors (Lipinski definition) is 5. The fourth-order valence-corrected chi connectivity index (χ4v) is 3.19. The first-order chi connectivity index (χ1) is 12.4. The van der Waals surface area contributed by atoms with Gasteiger partial charge in [0.2, 0.25) is 5.91 Å². The number of benzene rings is 1. The number of aromatic nitrogens is 2. The number of fused-ring (bicyclic) bond motifs is 1. The SMILES string of the molecule is CN(Cc1ccc(OC(F)F)cc1)C(=O)Cn1cnc2ccsc2c1=O. The van der Waals surface area contributed by atoms with Crippen molar-refractivity contribution in [2.24, 2.45) is 0 Å². The zero-order valence-electron chi connectivity index (χ0n) is 13.8. The molecule has 0 spiro atoms. The highest BCUT2D eigenvalue weighted by molar-refractivity contribution is 7.17. The molecule has 0 radical (unpaired) electrons. The molecule has 26 heavy (non-hydrogen) atoms. The Balaban J connectivity index is 1.65. The van der Waals surface area contributed by atoms with Crippen molar-refractivity contribution in [3.63, 3.8) is 0 Å².